The molecule has 0 radical (unpaired) electrons. The van der Waals surface area contributed by atoms with E-state index < -0.39 is 0 Å². The minimum absolute atomic E-state index is 0.148. The number of nitrogen functional groups attached to an aromatic ring is 1. The second-order valence-electron chi connectivity index (χ2n) is 4.73. The topological polar surface area (TPSA) is 98.7 Å². The minimum Gasteiger partial charge on any atom is -0.335 e. The number of anilines is 1. The molecule has 3 aromatic rings. The van der Waals surface area contributed by atoms with Gasteiger partial charge < -0.3 is 11.2 Å². The molecule has 2 aromatic heterocycles. The summed E-state index contributed by atoms with van der Waals surface area (Å²) < 4.78 is 2.29. The van der Waals surface area contributed by atoms with Crippen LogP contribution in [0.3, 0.4) is 0 Å². The summed E-state index contributed by atoms with van der Waals surface area (Å²) >= 11 is 4.56. The zero-order valence-corrected chi connectivity index (χ0v) is 14.8. The van der Waals surface area contributed by atoms with E-state index in [4.69, 9.17) is 5.84 Å². The summed E-state index contributed by atoms with van der Waals surface area (Å²) in [5.41, 5.74) is 1.35. The Morgan fingerprint density at radius 3 is 2.71 bits per heavy atom. The number of carbonyl (C=O) groups is 1. The summed E-state index contributed by atoms with van der Waals surface area (Å²) in [6, 6.07) is 12.8. The lowest BCUT2D eigenvalue weighted by Gasteiger charge is -2.05. The smallest absolute Gasteiger partial charge is 0.234 e. The first-order valence-electron chi connectivity index (χ1n) is 6.93. The van der Waals surface area contributed by atoms with Crippen LogP contribution in [0, 0.1) is 0 Å². The fourth-order valence-corrected chi connectivity index (χ4v) is 2.83. The van der Waals surface area contributed by atoms with E-state index in [2.05, 4.69) is 36.4 Å². The van der Waals surface area contributed by atoms with Crippen LogP contribution in [0.2, 0.25) is 0 Å². The van der Waals surface area contributed by atoms with Gasteiger partial charge in [-0.2, -0.15) is 0 Å². The van der Waals surface area contributed by atoms with E-state index in [9.17, 15) is 4.79 Å². The van der Waals surface area contributed by atoms with Crippen molar-refractivity contribution in [3.63, 3.8) is 0 Å². The monoisotopic (exact) mass is 404 g/mol. The highest BCUT2D eigenvalue weighted by atomic mass is 79.9. The second-order valence-corrected chi connectivity index (χ2v) is 6.59. The molecule has 0 aliphatic heterocycles. The lowest BCUT2D eigenvalue weighted by Crippen LogP contribution is -2.16. The Balaban J connectivity index is 1.62. The molecule has 0 saturated carbocycles. The molecule has 3 rings (SSSR count). The maximum Gasteiger partial charge on any atom is 0.234 e. The fourth-order valence-electron chi connectivity index (χ4n) is 1.91. The standard InChI is InChI=1S/C15H13BrN6OS/c16-10-4-6-11(7-5-10)19-13(23)9-24-15-21-20-14(22(15)17)12-3-1-2-8-18-12/h1-8H,9,17H2,(H,19,23). The van der Waals surface area contributed by atoms with Gasteiger partial charge in [-0.15, -0.1) is 10.2 Å². The van der Waals surface area contributed by atoms with Crippen molar-refractivity contribution in [3.8, 4) is 11.5 Å². The third-order valence-corrected chi connectivity index (χ3v) is 4.49. The van der Waals surface area contributed by atoms with E-state index in [1.54, 1.807) is 12.3 Å². The first kappa shape index (κ1) is 16.5. The van der Waals surface area contributed by atoms with Crippen LogP contribution >= 0.6 is 27.7 Å². The maximum absolute atomic E-state index is 12.0. The molecule has 0 fully saturated rings. The molecular weight excluding hydrogens is 392 g/mol. The molecule has 3 N–H and O–H groups in total. The van der Waals surface area contributed by atoms with Crippen molar-refractivity contribution in [2.75, 3.05) is 16.9 Å². The number of pyridine rings is 1. The highest BCUT2D eigenvalue weighted by molar-refractivity contribution is 9.10. The summed E-state index contributed by atoms with van der Waals surface area (Å²) in [6.07, 6.45) is 1.66. The molecule has 2 heterocycles. The van der Waals surface area contributed by atoms with Gasteiger partial charge in [0.15, 0.2) is 0 Å². The Bertz CT molecular complexity index is 837. The van der Waals surface area contributed by atoms with Gasteiger partial charge in [-0.3, -0.25) is 9.78 Å². The van der Waals surface area contributed by atoms with Crippen LogP contribution in [0.25, 0.3) is 11.5 Å². The summed E-state index contributed by atoms with van der Waals surface area (Å²) in [5.74, 6) is 6.46. The third kappa shape index (κ3) is 3.92. The Kier molecular flexibility index (Phi) is 5.11. The molecule has 9 heteroatoms. The summed E-state index contributed by atoms with van der Waals surface area (Å²) in [7, 11) is 0. The number of nitrogens with one attached hydrogen (secondary N) is 1. The van der Waals surface area contributed by atoms with Gasteiger partial charge in [-0.05, 0) is 36.4 Å². The van der Waals surface area contributed by atoms with Gasteiger partial charge in [0.1, 0.15) is 5.69 Å². The fraction of sp³-hybridized carbons (Fsp3) is 0.0667. The van der Waals surface area contributed by atoms with Gasteiger partial charge >= 0.3 is 0 Å². The Morgan fingerprint density at radius 2 is 2.00 bits per heavy atom. The molecule has 24 heavy (non-hydrogen) atoms. The van der Waals surface area contributed by atoms with Crippen molar-refractivity contribution in [1.29, 1.82) is 0 Å². The number of nitrogens with two attached hydrogens (primary N) is 1. The lowest BCUT2D eigenvalue weighted by atomic mass is 10.3. The van der Waals surface area contributed by atoms with Crippen molar-refractivity contribution in [3.05, 3.63) is 53.1 Å². The van der Waals surface area contributed by atoms with Crippen molar-refractivity contribution >= 4 is 39.3 Å². The average molecular weight is 405 g/mol. The van der Waals surface area contributed by atoms with E-state index in [0.717, 1.165) is 10.2 Å². The molecule has 1 aromatic carbocycles. The largest absolute Gasteiger partial charge is 0.335 e. The SMILES string of the molecule is Nn1c(SCC(=O)Nc2ccc(Br)cc2)nnc1-c1ccccn1. The molecule has 0 spiro atoms. The number of amides is 1. The van der Waals surface area contributed by atoms with Crippen molar-refractivity contribution in [1.82, 2.24) is 19.9 Å². The van der Waals surface area contributed by atoms with E-state index in [0.29, 0.717) is 16.7 Å². The Labute approximate surface area is 150 Å². The van der Waals surface area contributed by atoms with Crippen LogP contribution in [0.4, 0.5) is 5.69 Å². The average Bonchev–Trinajstić information content (AvgIpc) is 2.97. The van der Waals surface area contributed by atoms with Gasteiger partial charge in [0.25, 0.3) is 0 Å². The molecule has 0 aliphatic carbocycles. The van der Waals surface area contributed by atoms with Gasteiger partial charge in [-0.1, -0.05) is 33.8 Å². The zero-order chi connectivity index (χ0) is 16.9. The van der Waals surface area contributed by atoms with Crippen LogP contribution in [0.15, 0.2) is 58.3 Å². The molecule has 0 bridgehead atoms. The van der Waals surface area contributed by atoms with Crippen molar-refractivity contribution < 1.29 is 4.79 Å². The van der Waals surface area contributed by atoms with Gasteiger partial charge in [-0.25, -0.2) is 4.68 Å². The van der Waals surface area contributed by atoms with E-state index in [-0.39, 0.29) is 11.7 Å². The molecular formula is C15H13BrN6OS. The Morgan fingerprint density at radius 1 is 1.21 bits per heavy atom. The van der Waals surface area contributed by atoms with E-state index in [1.165, 1.54) is 16.4 Å². The molecule has 0 atom stereocenters. The van der Waals surface area contributed by atoms with E-state index in [1.807, 2.05) is 36.4 Å². The highest BCUT2D eigenvalue weighted by Gasteiger charge is 2.14. The van der Waals surface area contributed by atoms with Crippen LogP contribution in [-0.2, 0) is 4.79 Å². The molecule has 0 aliphatic rings. The molecule has 122 valence electrons. The molecule has 0 saturated heterocycles. The predicted molar refractivity (Wildman–Crippen MR) is 96.9 cm³/mol. The Hall–Kier alpha value is -2.39. The quantitative estimate of drug-likeness (QED) is 0.500. The highest BCUT2D eigenvalue weighted by Crippen LogP contribution is 2.20. The zero-order valence-electron chi connectivity index (χ0n) is 12.4. The van der Waals surface area contributed by atoms with Crippen LogP contribution in [0.1, 0.15) is 0 Å². The van der Waals surface area contributed by atoms with Crippen LogP contribution < -0.4 is 11.2 Å². The number of carbonyl (C=O) groups excluding carboxylic acids is 1. The number of hydrogen-bond donors (Lipinski definition) is 2. The van der Waals surface area contributed by atoms with Gasteiger partial charge in [0, 0.05) is 16.4 Å². The normalized spacial score (nSPS) is 10.5. The van der Waals surface area contributed by atoms with Gasteiger partial charge in [0.05, 0.1) is 5.75 Å². The van der Waals surface area contributed by atoms with Crippen LogP contribution in [0.5, 0.6) is 0 Å². The van der Waals surface area contributed by atoms with Crippen molar-refractivity contribution in [2.45, 2.75) is 5.16 Å². The lowest BCUT2D eigenvalue weighted by molar-refractivity contribution is -0.113. The summed E-state index contributed by atoms with van der Waals surface area (Å²) in [6.45, 7) is 0. The molecule has 0 unspecified atom stereocenters. The van der Waals surface area contributed by atoms with Crippen molar-refractivity contribution in [2.24, 2.45) is 0 Å². The number of hydrogen-bond acceptors (Lipinski definition) is 6. The first-order chi connectivity index (χ1) is 11.6. The summed E-state index contributed by atoms with van der Waals surface area (Å²) in [4.78, 5) is 16.2. The number of nitrogens with zero attached hydrogens (tertiary/aromatic N) is 4. The molecule has 1 amide bonds. The number of benzene rings is 1. The molecule has 7 nitrogen and oxygen atoms in total. The third-order valence-electron chi connectivity index (χ3n) is 3.02. The van der Waals surface area contributed by atoms with E-state index >= 15 is 0 Å². The number of aromatic nitrogens is 4. The second kappa shape index (κ2) is 7.45. The van der Waals surface area contributed by atoms with Gasteiger partial charge in [0.2, 0.25) is 16.9 Å². The van der Waals surface area contributed by atoms with Crippen LogP contribution in [-0.4, -0.2) is 31.5 Å². The number of halogens is 1. The summed E-state index contributed by atoms with van der Waals surface area (Å²) in [5, 5.41) is 11.3. The number of thioether (sulfide) groups is 1. The predicted octanol–water partition coefficient (Wildman–Crippen LogP) is 2.55. The maximum atomic E-state index is 12.0. The number of rotatable bonds is 5. The minimum atomic E-state index is -0.148. The first-order valence-corrected chi connectivity index (χ1v) is 8.71.